The number of nitriles is 1. The standard InChI is InChI=1S/C23H19BrN2O2/c1-15-12-18(13-19(14-25)17-8-10-20(24)11-9-17)16(2)26(15)22-7-5-4-6-21(22)23(27)28-3/h4-13H,1-3H3/b19-13-. The molecule has 0 radical (unpaired) electrons. The highest BCUT2D eigenvalue weighted by Crippen LogP contribution is 2.27. The van der Waals surface area contributed by atoms with Crippen LogP contribution in [0.3, 0.4) is 0 Å². The number of benzene rings is 2. The fourth-order valence-corrected chi connectivity index (χ4v) is 3.49. The smallest absolute Gasteiger partial charge is 0.339 e. The lowest BCUT2D eigenvalue weighted by atomic mass is 10.0. The molecule has 0 spiro atoms. The van der Waals surface area contributed by atoms with Crippen molar-refractivity contribution in [3.8, 4) is 11.8 Å². The van der Waals surface area contributed by atoms with Gasteiger partial charge in [0.1, 0.15) is 0 Å². The summed E-state index contributed by atoms with van der Waals surface area (Å²) in [4.78, 5) is 12.2. The van der Waals surface area contributed by atoms with Crippen LogP contribution in [-0.2, 0) is 4.74 Å². The van der Waals surface area contributed by atoms with E-state index in [0.717, 1.165) is 32.7 Å². The fourth-order valence-electron chi connectivity index (χ4n) is 3.22. The van der Waals surface area contributed by atoms with E-state index in [0.29, 0.717) is 11.1 Å². The largest absolute Gasteiger partial charge is 0.465 e. The summed E-state index contributed by atoms with van der Waals surface area (Å²) in [7, 11) is 1.38. The number of methoxy groups -OCH3 is 1. The summed E-state index contributed by atoms with van der Waals surface area (Å²) in [6.07, 6.45) is 1.88. The summed E-state index contributed by atoms with van der Waals surface area (Å²) < 4.78 is 7.90. The SMILES string of the molecule is COC(=O)c1ccccc1-n1c(C)cc(/C=C(/C#N)c2ccc(Br)cc2)c1C. The van der Waals surface area contributed by atoms with E-state index in [4.69, 9.17) is 4.74 Å². The maximum Gasteiger partial charge on any atom is 0.339 e. The van der Waals surface area contributed by atoms with Crippen LogP contribution in [0, 0.1) is 25.2 Å². The van der Waals surface area contributed by atoms with Crippen molar-refractivity contribution in [3.05, 3.63) is 87.1 Å². The first-order valence-corrected chi connectivity index (χ1v) is 9.50. The van der Waals surface area contributed by atoms with Crippen LogP contribution >= 0.6 is 15.9 Å². The number of carbonyl (C=O) groups is 1. The Bertz CT molecular complexity index is 1100. The second kappa shape index (κ2) is 8.28. The molecule has 1 heterocycles. The average Bonchev–Trinajstić information content (AvgIpc) is 2.99. The molecular formula is C23H19BrN2O2. The molecule has 0 bridgehead atoms. The molecular weight excluding hydrogens is 416 g/mol. The maximum atomic E-state index is 12.2. The van der Waals surface area contributed by atoms with E-state index in [1.807, 2.05) is 73.0 Å². The van der Waals surface area contributed by atoms with E-state index in [2.05, 4.69) is 22.0 Å². The monoisotopic (exact) mass is 434 g/mol. The minimum atomic E-state index is -0.382. The van der Waals surface area contributed by atoms with Gasteiger partial charge in [-0.3, -0.25) is 0 Å². The molecule has 3 aromatic rings. The van der Waals surface area contributed by atoms with Crippen molar-refractivity contribution >= 4 is 33.5 Å². The predicted octanol–water partition coefficient (Wildman–Crippen LogP) is 5.71. The summed E-state index contributed by atoms with van der Waals surface area (Å²) in [5.74, 6) is -0.382. The second-order valence-electron chi connectivity index (χ2n) is 6.35. The highest BCUT2D eigenvalue weighted by Gasteiger charge is 2.17. The van der Waals surface area contributed by atoms with Crippen LogP contribution in [0.5, 0.6) is 0 Å². The van der Waals surface area contributed by atoms with Gasteiger partial charge in [-0.2, -0.15) is 5.26 Å². The van der Waals surface area contributed by atoms with Crippen LogP contribution in [0.2, 0.25) is 0 Å². The molecule has 0 saturated heterocycles. The number of nitrogens with zero attached hydrogens (tertiary/aromatic N) is 2. The van der Waals surface area contributed by atoms with Crippen molar-refractivity contribution in [3.63, 3.8) is 0 Å². The number of halogens is 1. The summed E-state index contributed by atoms with van der Waals surface area (Å²) in [5.41, 5.74) is 5.52. The van der Waals surface area contributed by atoms with Crippen LogP contribution in [0.25, 0.3) is 17.3 Å². The van der Waals surface area contributed by atoms with E-state index in [1.54, 1.807) is 6.07 Å². The van der Waals surface area contributed by atoms with Gasteiger partial charge in [0.25, 0.3) is 0 Å². The third-order valence-electron chi connectivity index (χ3n) is 4.60. The number of hydrogen-bond acceptors (Lipinski definition) is 3. The molecule has 0 amide bonds. The normalized spacial score (nSPS) is 11.2. The highest BCUT2D eigenvalue weighted by atomic mass is 79.9. The number of rotatable bonds is 4. The van der Waals surface area contributed by atoms with Crippen molar-refractivity contribution in [2.75, 3.05) is 7.11 Å². The summed E-state index contributed by atoms with van der Waals surface area (Å²) in [6.45, 7) is 3.95. The Morgan fingerprint density at radius 3 is 2.46 bits per heavy atom. The molecule has 0 unspecified atom stereocenters. The molecule has 1 aromatic heterocycles. The molecule has 0 saturated carbocycles. The van der Waals surface area contributed by atoms with Crippen molar-refractivity contribution in [2.45, 2.75) is 13.8 Å². The van der Waals surface area contributed by atoms with E-state index in [1.165, 1.54) is 7.11 Å². The van der Waals surface area contributed by atoms with Crippen LogP contribution in [0.1, 0.15) is 32.9 Å². The highest BCUT2D eigenvalue weighted by molar-refractivity contribution is 9.10. The molecule has 3 rings (SSSR count). The van der Waals surface area contributed by atoms with Gasteiger partial charge in [-0.1, -0.05) is 40.2 Å². The molecule has 0 fully saturated rings. The van der Waals surface area contributed by atoms with E-state index in [9.17, 15) is 10.1 Å². The van der Waals surface area contributed by atoms with Crippen LogP contribution in [0.15, 0.2) is 59.1 Å². The minimum absolute atomic E-state index is 0.382. The second-order valence-corrected chi connectivity index (χ2v) is 7.26. The number of aromatic nitrogens is 1. The number of carbonyl (C=O) groups excluding carboxylic acids is 1. The number of aryl methyl sites for hydroxylation is 1. The molecule has 140 valence electrons. The molecule has 0 aliphatic rings. The summed E-state index contributed by atoms with van der Waals surface area (Å²) in [6, 6.07) is 19.3. The van der Waals surface area contributed by atoms with Crippen molar-refractivity contribution in [2.24, 2.45) is 0 Å². The lowest BCUT2D eigenvalue weighted by Gasteiger charge is -2.13. The third kappa shape index (κ3) is 3.78. The topological polar surface area (TPSA) is 55.0 Å². The maximum absolute atomic E-state index is 12.2. The molecule has 5 heteroatoms. The predicted molar refractivity (Wildman–Crippen MR) is 114 cm³/mol. The van der Waals surface area contributed by atoms with E-state index >= 15 is 0 Å². The Balaban J connectivity index is 2.12. The van der Waals surface area contributed by atoms with Gasteiger partial charge in [-0.15, -0.1) is 0 Å². The molecule has 0 aliphatic carbocycles. The number of ether oxygens (including phenoxy) is 1. The molecule has 28 heavy (non-hydrogen) atoms. The number of para-hydroxylation sites is 1. The summed E-state index contributed by atoms with van der Waals surface area (Å²) >= 11 is 3.41. The first-order chi connectivity index (χ1) is 13.5. The Labute approximate surface area is 172 Å². The molecule has 0 aliphatic heterocycles. The Morgan fingerprint density at radius 2 is 1.82 bits per heavy atom. The Kier molecular flexibility index (Phi) is 5.81. The zero-order valence-electron chi connectivity index (χ0n) is 15.9. The van der Waals surface area contributed by atoms with Crippen molar-refractivity contribution in [1.82, 2.24) is 4.57 Å². The zero-order valence-corrected chi connectivity index (χ0v) is 17.4. The van der Waals surface area contributed by atoms with Gasteiger partial charge in [0.05, 0.1) is 30.0 Å². The number of esters is 1. The van der Waals surface area contributed by atoms with Crippen LogP contribution in [0.4, 0.5) is 0 Å². The molecule has 0 N–H and O–H groups in total. The Morgan fingerprint density at radius 1 is 1.14 bits per heavy atom. The quantitative estimate of drug-likeness (QED) is 0.390. The van der Waals surface area contributed by atoms with Gasteiger partial charge in [0.15, 0.2) is 0 Å². The zero-order chi connectivity index (χ0) is 20.3. The average molecular weight is 435 g/mol. The van der Waals surface area contributed by atoms with Gasteiger partial charge in [0.2, 0.25) is 0 Å². The van der Waals surface area contributed by atoms with Gasteiger partial charge in [0, 0.05) is 15.9 Å². The molecule has 2 aromatic carbocycles. The summed E-state index contributed by atoms with van der Waals surface area (Å²) in [5, 5.41) is 9.64. The first-order valence-electron chi connectivity index (χ1n) is 8.70. The Hall–Kier alpha value is -3.10. The number of allylic oxidation sites excluding steroid dienone is 1. The van der Waals surface area contributed by atoms with Gasteiger partial charge >= 0.3 is 5.97 Å². The third-order valence-corrected chi connectivity index (χ3v) is 5.12. The van der Waals surface area contributed by atoms with Crippen molar-refractivity contribution < 1.29 is 9.53 Å². The van der Waals surface area contributed by atoms with Gasteiger partial charge in [-0.05, 0) is 61.4 Å². The van der Waals surface area contributed by atoms with E-state index in [-0.39, 0.29) is 5.97 Å². The van der Waals surface area contributed by atoms with Gasteiger partial charge < -0.3 is 9.30 Å². The fraction of sp³-hybridized carbons (Fsp3) is 0.130. The first kappa shape index (κ1) is 19.7. The number of hydrogen-bond donors (Lipinski definition) is 0. The lowest BCUT2D eigenvalue weighted by molar-refractivity contribution is 0.0601. The molecule has 0 atom stereocenters. The van der Waals surface area contributed by atoms with Crippen LogP contribution in [-0.4, -0.2) is 17.6 Å². The van der Waals surface area contributed by atoms with Crippen molar-refractivity contribution in [1.29, 1.82) is 5.26 Å². The van der Waals surface area contributed by atoms with Gasteiger partial charge in [-0.25, -0.2) is 4.79 Å². The molecule has 4 nitrogen and oxygen atoms in total. The van der Waals surface area contributed by atoms with Crippen LogP contribution < -0.4 is 0 Å². The lowest BCUT2D eigenvalue weighted by Crippen LogP contribution is -2.09. The van der Waals surface area contributed by atoms with E-state index < -0.39 is 0 Å². The minimum Gasteiger partial charge on any atom is -0.465 e.